The predicted molar refractivity (Wildman–Crippen MR) is 92.8 cm³/mol. The molecular weight excluding hydrogens is 332 g/mol. The van der Waals surface area contributed by atoms with Crippen molar-refractivity contribution < 1.29 is 24.6 Å². The number of thioether (sulfide) groups is 1. The highest BCUT2D eigenvalue weighted by Gasteiger charge is 2.50. The molecule has 1 aliphatic rings. The van der Waals surface area contributed by atoms with Gasteiger partial charge in [-0.1, -0.05) is 26.0 Å². The zero-order valence-corrected chi connectivity index (χ0v) is 14.8. The van der Waals surface area contributed by atoms with Crippen LogP contribution in [0.15, 0.2) is 12.2 Å². The Hall–Kier alpha value is -1.54. The third-order valence-electron chi connectivity index (χ3n) is 4.00. The van der Waals surface area contributed by atoms with Gasteiger partial charge >= 0.3 is 11.9 Å². The summed E-state index contributed by atoms with van der Waals surface area (Å²) in [6.45, 7) is 3.97. The number of allylic oxidation sites excluding steroid dienone is 1. The summed E-state index contributed by atoms with van der Waals surface area (Å²) in [4.78, 5) is 33.7. The van der Waals surface area contributed by atoms with Gasteiger partial charge in [-0.2, -0.15) is 11.8 Å². The van der Waals surface area contributed by atoms with Crippen molar-refractivity contribution in [1.82, 2.24) is 5.32 Å². The van der Waals surface area contributed by atoms with Crippen molar-refractivity contribution >= 4 is 29.6 Å². The highest BCUT2D eigenvalue weighted by atomic mass is 32.2. The van der Waals surface area contributed by atoms with Crippen molar-refractivity contribution in [2.24, 2.45) is 17.1 Å². The Morgan fingerprint density at radius 2 is 1.96 bits per heavy atom. The van der Waals surface area contributed by atoms with Gasteiger partial charge in [-0.15, -0.1) is 0 Å². The van der Waals surface area contributed by atoms with E-state index in [-0.39, 0.29) is 17.2 Å². The van der Waals surface area contributed by atoms with Crippen LogP contribution < -0.4 is 11.1 Å². The summed E-state index contributed by atoms with van der Waals surface area (Å²) in [5.41, 5.74) is 5.35. The third kappa shape index (κ3) is 6.92. The SMILES string of the molecule is CC1(C)C[C@@H]1C(=O)N[C@@H](/C=C/CCCSC[C@@H](N)C(=O)O)C(=O)O. The second-order valence-corrected chi connectivity index (χ2v) is 7.81. The van der Waals surface area contributed by atoms with E-state index in [0.717, 1.165) is 18.6 Å². The Bertz CT molecular complexity index is 507. The number of nitrogens with two attached hydrogens (primary N) is 1. The van der Waals surface area contributed by atoms with Crippen LogP contribution in [0, 0.1) is 11.3 Å². The summed E-state index contributed by atoms with van der Waals surface area (Å²) in [5, 5.41) is 20.4. The second kappa shape index (κ2) is 9.08. The van der Waals surface area contributed by atoms with Gasteiger partial charge < -0.3 is 21.3 Å². The predicted octanol–water partition coefficient (Wildman–Crippen LogP) is 1.08. The molecule has 0 aromatic rings. The van der Waals surface area contributed by atoms with Crippen molar-refractivity contribution in [1.29, 1.82) is 0 Å². The number of unbranched alkanes of at least 4 members (excludes halogenated alkanes) is 1. The van der Waals surface area contributed by atoms with Gasteiger partial charge in [0.2, 0.25) is 5.91 Å². The van der Waals surface area contributed by atoms with Gasteiger partial charge in [-0.05, 0) is 30.4 Å². The monoisotopic (exact) mass is 358 g/mol. The van der Waals surface area contributed by atoms with Gasteiger partial charge in [0, 0.05) is 11.7 Å². The normalized spacial score (nSPS) is 21.2. The molecule has 0 unspecified atom stereocenters. The average molecular weight is 358 g/mol. The highest BCUT2D eigenvalue weighted by molar-refractivity contribution is 7.99. The Morgan fingerprint density at radius 1 is 1.33 bits per heavy atom. The summed E-state index contributed by atoms with van der Waals surface area (Å²) in [7, 11) is 0. The van der Waals surface area contributed by atoms with Crippen molar-refractivity contribution in [3.8, 4) is 0 Å². The Labute approximate surface area is 146 Å². The van der Waals surface area contributed by atoms with Crippen molar-refractivity contribution in [2.75, 3.05) is 11.5 Å². The van der Waals surface area contributed by atoms with Crippen LogP contribution >= 0.6 is 11.8 Å². The van der Waals surface area contributed by atoms with Gasteiger partial charge in [0.1, 0.15) is 12.1 Å². The Balaban J connectivity index is 2.25. The smallest absolute Gasteiger partial charge is 0.330 e. The van der Waals surface area contributed by atoms with E-state index in [1.54, 1.807) is 6.08 Å². The van der Waals surface area contributed by atoms with E-state index in [1.807, 2.05) is 13.8 Å². The van der Waals surface area contributed by atoms with E-state index in [1.165, 1.54) is 17.8 Å². The molecule has 7 nitrogen and oxygen atoms in total. The summed E-state index contributed by atoms with van der Waals surface area (Å²) in [6.07, 6.45) is 5.44. The highest BCUT2D eigenvalue weighted by Crippen LogP contribution is 2.51. The topological polar surface area (TPSA) is 130 Å². The number of carboxylic acid groups (broad SMARTS) is 2. The largest absolute Gasteiger partial charge is 0.480 e. The van der Waals surface area contributed by atoms with Crippen LogP contribution in [-0.4, -0.2) is 51.6 Å². The Morgan fingerprint density at radius 3 is 2.46 bits per heavy atom. The van der Waals surface area contributed by atoms with Crippen molar-refractivity contribution in [3.63, 3.8) is 0 Å². The molecule has 0 saturated heterocycles. The molecule has 0 aliphatic heterocycles. The molecule has 3 atom stereocenters. The molecule has 136 valence electrons. The van der Waals surface area contributed by atoms with E-state index in [2.05, 4.69) is 5.32 Å². The number of carbonyl (C=O) groups is 3. The maximum absolute atomic E-state index is 12.0. The van der Waals surface area contributed by atoms with Gasteiger partial charge in [0.15, 0.2) is 0 Å². The number of amides is 1. The van der Waals surface area contributed by atoms with Crippen LogP contribution in [0.5, 0.6) is 0 Å². The van der Waals surface area contributed by atoms with E-state index in [4.69, 9.17) is 15.9 Å². The molecule has 1 fully saturated rings. The molecule has 0 heterocycles. The summed E-state index contributed by atoms with van der Waals surface area (Å²) < 4.78 is 0. The number of hydrogen-bond acceptors (Lipinski definition) is 5. The maximum Gasteiger partial charge on any atom is 0.330 e. The number of carboxylic acids is 2. The molecule has 1 amide bonds. The van der Waals surface area contributed by atoms with E-state index >= 15 is 0 Å². The van der Waals surface area contributed by atoms with Crippen LogP contribution in [0.2, 0.25) is 0 Å². The number of rotatable bonds is 11. The molecule has 0 radical (unpaired) electrons. The lowest BCUT2D eigenvalue weighted by atomic mass is 10.1. The fourth-order valence-electron chi connectivity index (χ4n) is 2.18. The summed E-state index contributed by atoms with van der Waals surface area (Å²) >= 11 is 1.45. The number of aliphatic carboxylic acids is 2. The molecule has 0 aromatic carbocycles. The molecular formula is C16H26N2O5S. The first-order valence-corrected chi connectivity index (χ1v) is 9.06. The molecule has 24 heavy (non-hydrogen) atoms. The van der Waals surface area contributed by atoms with Crippen LogP contribution in [-0.2, 0) is 14.4 Å². The molecule has 0 aromatic heterocycles. The number of hydrogen-bond donors (Lipinski definition) is 4. The standard InChI is InChI=1S/C16H26N2O5S/c1-16(2)8-10(16)13(19)18-12(15(22)23)6-4-3-5-7-24-9-11(17)14(20)21/h4,6,10-12H,3,5,7-9,17H2,1-2H3,(H,18,19)(H,20,21)(H,22,23)/b6-4+/t10-,11-,12+/m1/s1. The van der Waals surface area contributed by atoms with Crippen LogP contribution in [0.4, 0.5) is 0 Å². The molecule has 0 spiro atoms. The first-order valence-electron chi connectivity index (χ1n) is 7.91. The van der Waals surface area contributed by atoms with Crippen molar-refractivity contribution in [3.05, 3.63) is 12.2 Å². The van der Waals surface area contributed by atoms with Gasteiger partial charge in [-0.3, -0.25) is 9.59 Å². The average Bonchev–Trinajstić information content (AvgIpc) is 3.13. The lowest BCUT2D eigenvalue weighted by molar-refractivity contribution is -0.140. The van der Waals surface area contributed by atoms with Crippen LogP contribution in [0.3, 0.4) is 0 Å². The Kier molecular flexibility index (Phi) is 7.75. The molecule has 1 aliphatic carbocycles. The third-order valence-corrected chi connectivity index (χ3v) is 5.17. The van der Waals surface area contributed by atoms with E-state index in [9.17, 15) is 14.4 Å². The minimum atomic E-state index is -1.08. The second-order valence-electron chi connectivity index (χ2n) is 6.66. The molecule has 8 heteroatoms. The molecule has 1 saturated carbocycles. The molecule has 0 bridgehead atoms. The quantitative estimate of drug-likeness (QED) is 0.321. The lowest BCUT2D eigenvalue weighted by Crippen LogP contribution is -2.40. The summed E-state index contributed by atoms with van der Waals surface area (Å²) in [6, 6.07) is -1.87. The zero-order chi connectivity index (χ0) is 18.3. The van der Waals surface area contributed by atoms with Gasteiger partial charge in [-0.25, -0.2) is 4.79 Å². The fourth-order valence-corrected chi connectivity index (χ4v) is 3.11. The van der Waals surface area contributed by atoms with Gasteiger partial charge in [0.25, 0.3) is 0 Å². The van der Waals surface area contributed by atoms with E-state index in [0.29, 0.717) is 12.2 Å². The first kappa shape index (κ1) is 20.5. The minimum Gasteiger partial charge on any atom is -0.480 e. The fraction of sp³-hybridized carbons (Fsp3) is 0.688. The summed E-state index contributed by atoms with van der Waals surface area (Å²) in [5.74, 6) is -1.32. The number of carbonyl (C=O) groups excluding carboxylic acids is 1. The first-order chi connectivity index (χ1) is 11.1. The maximum atomic E-state index is 12.0. The van der Waals surface area contributed by atoms with Gasteiger partial charge in [0.05, 0.1) is 0 Å². The minimum absolute atomic E-state index is 0.0368. The molecule has 5 N–H and O–H groups in total. The zero-order valence-electron chi connectivity index (χ0n) is 14.0. The van der Waals surface area contributed by atoms with Crippen molar-refractivity contribution in [2.45, 2.75) is 45.2 Å². The van der Waals surface area contributed by atoms with Crippen LogP contribution in [0.25, 0.3) is 0 Å². The van der Waals surface area contributed by atoms with E-state index < -0.39 is 24.0 Å². The molecule has 1 rings (SSSR count). The lowest BCUT2D eigenvalue weighted by Gasteiger charge is -2.11. The van der Waals surface area contributed by atoms with Crippen LogP contribution in [0.1, 0.15) is 33.1 Å². The number of nitrogens with one attached hydrogen (secondary N) is 1.